The van der Waals surface area contributed by atoms with E-state index in [-0.39, 0.29) is 0 Å². The lowest BCUT2D eigenvalue weighted by Crippen LogP contribution is -1.87. The third kappa shape index (κ3) is 4.49. The standard InChI is InChI=1S/C26H24/c1-20-11-10-16-25(17-20)26(18-21(2)23-12-6-4-7-13-23)19-22(3)24-14-8-5-9-15-24/h4-19H,2H2,1,3H3/b22-19+,26-18+. The largest absolute Gasteiger partial charge is 0.0911 e. The van der Waals surface area contributed by atoms with Crippen LogP contribution in [0, 0.1) is 6.92 Å². The van der Waals surface area contributed by atoms with Crippen molar-refractivity contribution in [2.75, 3.05) is 0 Å². The molecule has 0 heterocycles. The van der Waals surface area contributed by atoms with Crippen molar-refractivity contribution in [3.63, 3.8) is 0 Å². The molecule has 0 saturated heterocycles. The summed E-state index contributed by atoms with van der Waals surface area (Å²) in [6.45, 7) is 8.57. The van der Waals surface area contributed by atoms with Crippen molar-refractivity contribution in [3.05, 3.63) is 126 Å². The summed E-state index contributed by atoms with van der Waals surface area (Å²) in [6, 6.07) is 29.4. The van der Waals surface area contributed by atoms with E-state index in [1.165, 1.54) is 27.8 Å². The van der Waals surface area contributed by atoms with Crippen LogP contribution in [0.4, 0.5) is 0 Å². The third-order valence-electron chi connectivity index (χ3n) is 4.43. The summed E-state index contributed by atoms with van der Waals surface area (Å²) in [5.74, 6) is 0. The second-order valence-corrected chi connectivity index (χ2v) is 6.55. The van der Waals surface area contributed by atoms with Gasteiger partial charge in [-0.05, 0) is 53.3 Å². The zero-order chi connectivity index (χ0) is 18.4. The molecule has 0 fully saturated rings. The minimum Gasteiger partial charge on any atom is -0.0911 e. The van der Waals surface area contributed by atoms with E-state index >= 15 is 0 Å². The molecule has 0 heteroatoms. The van der Waals surface area contributed by atoms with Crippen LogP contribution in [0.25, 0.3) is 16.7 Å². The molecule has 0 unspecified atom stereocenters. The molecule has 26 heavy (non-hydrogen) atoms. The van der Waals surface area contributed by atoms with Crippen LogP contribution in [-0.2, 0) is 0 Å². The Morgan fingerprint density at radius 1 is 0.692 bits per heavy atom. The molecule has 0 spiro atoms. The van der Waals surface area contributed by atoms with Crippen LogP contribution < -0.4 is 0 Å². The Morgan fingerprint density at radius 2 is 1.27 bits per heavy atom. The van der Waals surface area contributed by atoms with Gasteiger partial charge in [-0.15, -0.1) is 0 Å². The number of rotatable bonds is 5. The first-order valence-electron chi connectivity index (χ1n) is 8.90. The molecular formula is C26H24. The molecule has 0 nitrogen and oxygen atoms in total. The van der Waals surface area contributed by atoms with Crippen LogP contribution in [0.3, 0.4) is 0 Å². The summed E-state index contributed by atoms with van der Waals surface area (Å²) in [5.41, 5.74) is 8.25. The van der Waals surface area contributed by atoms with Crippen LogP contribution in [0.15, 0.2) is 104 Å². The molecule has 0 saturated carbocycles. The SMILES string of the molecule is C=C(/C=C(\C=C(/C)c1ccccc1)c1cccc(C)c1)c1ccccc1. The van der Waals surface area contributed by atoms with E-state index in [1.54, 1.807) is 0 Å². The van der Waals surface area contributed by atoms with Gasteiger partial charge < -0.3 is 0 Å². The molecule has 3 aromatic carbocycles. The maximum atomic E-state index is 4.29. The number of hydrogen-bond donors (Lipinski definition) is 0. The molecule has 3 aromatic rings. The quantitative estimate of drug-likeness (QED) is 0.432. The number of hydrogen-bond acceptors (Lipinski definition) is 0. The first-order chi connectivity index (χ1) is 12.6. The van der Waals surface area contributed by atoms with Gasteiger partial charge >= 0.3 is 0 Å². The zero-order valence-corrected chi connectivity index (χ0v) is 15.4. The van der Waals surface area contributed by atoms with Crippen molar-refractivity contribution in [1.82, 2.24) is 0 Å². The van der Waals surface area contributed by atoms with Crippen LogP contribution in [0.1, 0.15) is 29.2 Å². The molecule has 0 aromatic heterocycles. The Hall–Kier alpha value is -3.12. The summed E-state index contributed by atoms with van der Waals surface area (Å²) in [4.78, 5) is 0. The predicted octanol–water partition coefficient (Wildman–Crippen LogP) is 7.20. The molecule has 0 aliphatic heterocycles. The highest BCUT2D eigenvalue weighted by molar-refractivity contribution is 5.90. The summed E-state index contributed by atoms with van der Waals surface area (Å²) < 4.78 is 0. The van der Waals surface area contributed by atoms with Gasteiger partial charge in [0.25, 0.3) is 0 Å². The third-order valence-corrected chi connectivity index (χ3v) is 4.43. The lowest BCUT2D eigenvalue weighted by Gasteiger charge is -2.09. The van der Waals surface area contributed by atoms with Crippen LogP contribution in [0.2, 0.25) is 0 Å². The Kier molecular flexibility index (Phi) is 5.66. The van der Waals surface area contributed by atoms with E-state index in [0.29, 0.717) is 0 Å². The van der Waals surface area contributed by atoms with E-state index in [1.807, 2.05) is 24.3 Å². The van der Waals surface area contributed by atoms with Crippen molar-refractivity contribution < 1.29 is 0 Å². The Morgan fingerprint density at radius 3 is 1.88 bits per heavy atom. The highest BCUT2D eigenvalue weighted by Crippen LogP contribution is 2.26. The van der Waals surface area contributed by atoms with Crippen LogP contribution >= 0.6 is 0 Å². The van der Waals surface area contributed by atoms with Gasteiger partial charge in [-0.2, -0.15) is 0 Å². The summed E-state index contributed by atoms with van der Waals surface area (Å²) >= 11 is 0. The van der Waals surface area contributed by atoms with Gasteiger partial charge in [-0.25, -0.2) is 0 Å². The maximum absolute atomic E-state index is 4.29. The molecular weight excluding hydrogens is 312 g/mol. The average Bonchev–Trinajstić information content (AvgIpc) is 2.68. The van der Waals surface area contributed by atoms with Crippen molar-refractivity contribution in [2.45, 2.75) is 13.8 Å². The van der Waals surface area contributed by atoms with E-state index < -0.39 is 0 Å². The molecule has 128 valence electrons. The normalized spacial score (nSPS) is 12.1. The van der Waals surface area contributed by atoms with Crippen molar-refractivity contribution in [2.24, 2.45) is 0 Å². The lowest BCUT2D eigenvalue weighted by atomic mass is 9.95. The van der Waals surface area contributed by atoms with E-state index in [0.717, 1.165) is 11.1 Å². The van der Waals surface area contributed by atoms with Crippen molar-refractivity contribution >= 4 is 16.7 Å². The van der Waals surface area contributed by atoms with Crippen LogP contribution in [0.5, 0.6) is 0 Å². The molecule has 0 aliphatic carbocycles. The van der Waals surface area contributed by atoms with Gasteiger partial charge in [0.05, 0.1) is 0 Å². The van der Waals surface area contributed by atoms with Gasteiger partial charge in [-0.1, -0.05) is 103 Å². The molecule has 3 rings (SSSR count). The molecule has 0 atom stereocenters. The first kappa shape index (κ1) is 17.7. The fraction of sp³-hybridized carbons (Fsp3) is 0.0769. The Balaban J connectivity index is 2.05. The Bertz CT molecular complexity index is 942. The number of allylic oxidation sites excluding steroid dienone is 5. The molecule has 0 amide bonds. The van der Waals surface area contributed by atoms with Crippen LogP contribution in [-0.4, -0.2) is 0 Å². The van der Waals surface area contributed by atoms with Gasteiger partial charge in [0, 0.05) is 0 Å². The number of aryl methyl sites for hydroxylation is 1. The Labute approximate surface area is 156 Å². The van der Waals surface area contributed by atoms with Crippen molar-refractivity contribution in [1.29, 1.82) is 0 Å². The molecule has 0 aliphatic rings. The fourth-order valence-electron chi connectivity index (χ4n) is 2.97. The summed E-state index contributed by atoms with van der Waals surface area (Å²) in [7, 11) is 0. The minimum atomic E-state index is 1.01. The second kappa shape index (κ2) is 8.31. The van der Waals surface area contributed by atoms with E-state index in [4.69, 9.17) is 0 Å². The monoisotopic (exact) mass is 336 g/mol. The predicted molar refractivity (Wildman–Crippen MR) is 115 cm³/mol. The first-order valence-corrected chi connectivity index (χ1v) is 8.90. The summed E-state index contributed by atoms with van der Waals surface area (Å²) in [6.07, 6.45) is 4.43. The topological polar surface area (TPSA) is 0 Å². The maximum Gasteiger partial charge on any atom is -0.0175 e. The molecule has 0 bridgehead atoms. The summed E-state index contributed by atoms with van der Waals surface area (Å²) in [5, 5.41) is 0. The molecule has 0 radical (unpaired) electrons. The number of benzene rings is 3. The fourth-order valence-corrected chi connectivity index (χ4v) is 2.97. The molecule has 0 N–H and O–H groups in total. The lowest BCUT2D eigenvalue weighted by molar-refractivity contribution is 1.45. The minimum absolute atomic E-state index is 1.01. The zero-order valence-electron chi connectivity index (χ0n) is 15.4. The highest BCUT2D eigenvalue weighted by Gasteiger charge is 2.04. The average molecular weight is 336 g/mol. The van der Waals surface area contributed by atoms with Gasteiger partial charge in [-0.3, -0.25) is 0 Å². The van der Waals surface area contributed by atoms with E-state index in [9.17, 15) is 0 Å². The second-order valence-electron chi connectivity index (χ2n) is 6.55. The van der Waals surface area contributed by atoms with Gasteiger partial charge in [0.1, 0.15) is 0 Å². The van der Waals surface area contributed by atoms with Gasteiger partial charge in [0.2, 0.25) is 0 Å². The smallest absolute Gasteiger partial charge is 0.0175 e. The van der Waals surface area contributed by atoms with Gasteiger partial charge in [0.15, 0.2) is 0 Å². The van der Waals surface area contributed by atoms with Crippen molar-refractivity contribution in [3.8, 4) is 0 Å². The van der Waals surface area contributed by atoms with E-state index in [2.05, 4.69) is 93.2 Å². The highest BCUT2D eigenvalue weighted by atomic mass is 14.1.